The summed E-state index contributed by atoms with van der Waals surface area (Å²) in [5.41, 5.74) is 0.920. The lowest BCUT2D eigenvalue weighted by molar-refractivity contribution is -0.126. The van der Waals surface area contributed by atoms with Crippen molar-refractivity contribution in [2.75, 3.05) is 17.3 Å². The van der Waals surface area contributed by atoms with Crippen LogP contribution in [0.1, 0.15) is 30.3 Å². The summed E-state index contributed by atoms with van der Waals surface area (Å²) >= 11 is 3.10. The molecule has 0 radical (unpaired) electrons. The highest BCUT2D eigenvalue weighted by Gasteiger charge is 2.21. The van der Waals surface area contributed by atoms with Crippen molar-refractivity contribution >= 4 is 40.0 Å². The van der Waals surface area contributed by atoms with Crippen LogP contribution >= 0.6 is 23.1 Å². The number of hydrogen-bond donors (Lipinski definition) is 2. The fourth-order valence-corrected chi connectivity index (χ4v) is 2.81. The normalized spacial score (nSPS) is 12.0. The van der Waals surface area contributed by atoms with Crippen molar-refractivity contribution in [1.82, 2.24) is 10.3 Å². The zero-order chi connectivity index (χ0) is 15.1. The first-order valence-electron chi connectivity index (χ1n) is 6.51. The van der Waals surface area contributed by atoms with Gasteiger partial charge in [0.15, 0.2) is 5.13 Å². The fourth-order valence-electron chi connectivity index (χ4n) is 1.52. The van der Waals surface area contributed by atoms with Crippen LogP contribution < -0.4 is 10.6 Å². The standard InChI is InChI=1S/C13H21N3O2S2/c1-5-11(17)15-10(6-7-19-4)12(18)16-13-14-8(2)9(3)20-13/h10H,5-7H2,1-4H3,(H,15,17)(H,14,16,18). The fraction of sp³-hybridized carbons (Fsp3) is 0.615. The van der Waals surface area contributed by atoms with Gasteiger partial charge in [0.2, 0.25) is 11.8 Å². The Morgan fingerprint density at radius 1 is 1.40 bits per heavy atom. The molecule has 5 nitrogen and oxygen atoms in total. The Hall–Kier alpha value is -1.08. The monoisotopic (exact) mass is 315 g/mol. The molecular weight excluding hydrogens is 294 g/mol. The van der Waals surface area contributed by atoms with Crippen LogP contribution in [0.3, 0.4) is 0 Å². The predicted molar refractivity (Wildman–Crippen MR) is 85.4 cm³/mol. The summed E-state index contributed by atoms with van der Waals surface area (Å²) in [6.45, 7) is 5.64. The van der Waals surface area contributed by atoms with Crippen molar-refractivity contribution in [2.45, 2.75) is 39.7 Å². The first-order valence-corrected chi connectivity index (χ1v) is 8.72. The molecule has 2 amide bonds. The van der Waals surface area contributed by atoms with E-state index in [-0.39, 0.29) is 11.8 Å². The molecule has 112 valence electrons. The summed E-state index contributed by atoms with van der Waals surface area (Å²) < 4.78 is 0. The molecule has 1 aromatic rings. The lowest BCUT2D eigenvalue weighted by atomic mass is 10.2. The molecule has 0 saturated carbocycles. The largest absolute Gasteiger partial charge is 0.344 e. The van der Waals surface area contributed by atoms with E-state index in [1.165, 1.54) is 11.3 Å². The van der Waals surface area contributed by atoms with Gasteiger partial charge in [-0.25, -0.2) is 4.98 Å². The van der Waals surface area contributed by atoms with E-state index in [4.69, 9.17) is 0 Å². The first kappa shape index (κ1) is 17.0. The van der Waals surface area contributed by atoms with Crippen molar-refractivity contribution < 1.29 is 9.59 Å². The molecule has 1 heterocycles. The van der Waals surface area contributed by atoms with Crippen molar-refractivity contribution in [2.24, 2.45) is 0 Å². The molecule has 0 saturated heterocycles. The van der Waals surface area contributed by atoms with Gasteiger partial charge < -0.3 is 10.6 Å². The Labute approximate surface area is 127 Å². The van der Waals surface area contributed by atoms with Crippen LogP contribution in [-0.4, -0.2) is 34.8 Å². The predicted octanol–water partition coefficient (Wildman–Crippen LogP) is 2.35. The third-order valence-corrected chi connectivity index (χ3v) is 4.47. The van der Waals surface area contributed by atoms with Gasteiger partial charge in [-0.3, -0.25) is 9.59 Å². The summed E-state index contributed by atoms with van der Waals surface area (Å²) in [6.07, 6.45) is 2.96. The van der Waals surface area contributed by atoms with E-state index in [0.29, 0.717) is 18.0 Å². The Bertz CT molecular complexity index is 455. The maximum absolute atomic E-state index is 12.2. The zero-order valence-corrected chi connectivity index (χ0v) is 13.9. The molecule has 0 aromatic carbocycles. The smallest absolute Gasteiger partial charge is 0.248 e. The molecule has 1 unspecified atom stereocenters. The van der Waals surface area contributed by atoms with Gasteiger partial charge in [0.25, 0.3) is 0 Å². The number of hydrogen-bond acceptors (Lipinski definition) is 5. The quantitative estimate of drug-likeness (QED) is 0.810. The van der Waals surface area contributed by atoms with Crippen LogP contribution in [0.5, 0.6) is 0 Å². The van der Waals surface area contributed by atoms with Crippen molar-refractivity contribution in [3.8, 4) is 0 Å². The number of nitrogens with one attached hydrogen (secondary N) is 2. The van der Waals surface area contributed by atoms with Gasteiger partial charge in [0.05, 0.1) is 5.69 Å². The molecule has 1 aromatic heterocycles. The zero-order valence-electron chi connectivity index (χ0n) is 12.3. The lowest BCUT2D eigenvalue weighted by Gasteiger charge is -2.16. The summed E-state index contributed by atoms with van der Waals surface area (Å²) in [5, 5.41) is 6.13. The minimum Gasteiger partial charge on any atom is -0.344 e. The van der Waals surface area contributed by atoms with E-state index in [0.717, 1.165) is 16.3 Å². The van der Waals surface area contributed by atoms with Crippen molar-refractivity contribution in [3.63, 3.8) is 0 Å². The number of rotatable bonds is 7. The molecule has 20 heavy (non-hydrogen) atoms. The number of carbonyl (C=O) groups is 2. The lowest BCUT2D eigenvalue weighted by Crippen LogP contribution is -2.43. The van der Waals surface area contributed by atoms with Gasteiger partial charge in [-0.05, 0) is 32.3 Å². The summed E-state index contributed by atoms with van der Waals surface area (Å²) in [5.74, 6) is 0.505. The Morgan fingerprint density at radius 2 is 2.10 bits per heavy atom. The second kappa shape index (κ2) is 8.26. The highest BCUT2D eigenvalue weighted by Crippen LogP contribution is 2.21. The molecule has 7 heteroatoms. The van der Waals surface area contributed by atoms with E-state index in [1.54, 1.807) is 18.7 Å². The number of amides is 2. The maximum Gasteiger partial charge on any atom is 0.248 e. The summed E-state index contributed by atoms with van der Waals surface area (Å²) in [6, 6.07) is -0.501. The second-order valence-corrected chi connectivity index (χ2v) is 6.59. The van der Waals surface area contributed by atoms with Crippen molar-refractivity contribution in [1.29, 1.82) is 0 Å². The molecule has 0 bridgehead atoms. The van der Waals surface area contributed by atoms with Gasteiger partial charge >= 0.3 is 0 Å². The Balaban J connectivity index is 2.68. The van der Waals surface area contributed by atoms with Crippen LogP contribution in [0.4, 0.5) is 5.13 Å². The van der Waals surface area contributed by atoms with E-state index in [1.807, 2.05) is 20.1 Å². The molecule has 0 fully saturated rings. The molecule has 1 rings (SSSR count). The van der Waals surface area contributed by atoms with Gasteiger partial charge in [-0.1, -0.05) is 6.92 Å². The molecule has 0 aliphatic heterocycles. The molecule has 2 N–H and O–H groups in total. The third kappa shape index (κ3) is 5.13. The van der Waals surface area contributed by atoms with Gasteiger partial charge in [0.1, 0.15) is 6.04 Å². The molecular formula is C13H21N3O2S2. The highest BCUT2D eigenvalue weighted by molar-refractivity contribution is 7.98. The molecule has 0 aliphatic carbocycles. The number of anilines is 1. The number of aromatic nitrogens is 1. The molecule has 0 spiro atoms. The van der Waals surface area contributed by atoms with E-state index >= 15 is 0 Å². The number of carbonyl (C=O) groups excluding carboxylic acids is 2. The van der Waals surface area contributed by atoms with E-state index in [2.05, 4.69) is 15.6 Å². The average molecular weight is 315 g/mol. The highest BCUT2D eigenvalue weighted by atomic mass is 32.2. The second-order valence-electron chi connectivity index (χ2n) is 4.40. The first-order chi connectivity index (χ1) is 9.47. The van der Waals surface area contributed by atoms with Gasteiger partial charge in [-0.2, -0.15) is 11.8 Å². The minimum absolute atomic E-state index is 0.113. The van der Waals surface area contributed by atoms with Gasteiger partial charge in [0, 0.05) is 11.3 Å². The number of thioether (sulfide) groups is 1. The van der Waals surface area contributed by atoms with Crippen molar-refractivity contribution in [3.05, 3.63) is 10.6 Å². The van der Waals surface area contributed by atoms with Crippen LogP contribution in [0.2, 0.25) is 0 Å². The van der Waals surface area contributed by atoms with Gasteiger partial charge in [-0.15, -0.1) is 11.3 Å². The van der Waals surface area contributed by atoms with Crippen LogP contribution in [0, 0.1) is 13.8 Å². The Morgan fingerprint density at radius 3 is 2.60 bits per heavy atom. The molecule has 1 atom stereocenters. The Kier molecular flexibility index (Phi) is 7.01. The number of thiazole rings is 1. The maximum atomic E-state index is 12.2. The third-order valence-electron chi connectivity index (χ3n) is 2.84. The van der Waals surface area contributed by atoms with E-state index in [9.17, 15) is 9.59 Å². The van der Waals surface area contributed by atoms with Crippen LogP contribution in [0.25, 0.3) is 0 Å². The topological polar surface area (TPSA) is 71.1 Å². The molecule has 0 aliphatic rings. The number of aryl methyl sites for hydroxylation is 2. The minimum atomic E-state index is -0.501. The SMILES string of the molecule is CCC(=O)NC(CCSC)C(=O)Nc1nc(C)c(C)s1. The average Bonchev–Trinajstić information content (AvgIpc) is 2.72. The van der Waals surface area contributed by atoms with Crippen LogP contribution in [0.15, 0.2) is 0 Å². The number of nitrogens with zero attached hydrogens (tertiary/aromatic N) is 1. The summed E-state index contributed by atoms with van der Waals surface area (Å²) in [7, 11) is 0. The van der Waals surface area contributed by atoms with Crippen LogP contribution in [-0.2, 0) is 9.59 Å². The van der Waals surface area contributed by atoms with E-state index < -0.39 is 6.04 Å². The summed E-state index contributed by atoms with van der Waals surface area (Å²) in [4.78, 5) is 29.1.